The summed E-state index contributed by atoms with van der Waals surface area (Å²) in [5.41, 5.74) is 0.374. The molecule has 1 aromatic rings. The number of hydrogen-bond donors (Lipinski definition) is 2. The molecule has 1 heterocycles. The number of hydrogen-bond acceptors (Lipinski definition) is 3. The van der Waals surface area contributed by atoms with Gasteiger partial charge in [0.05, 0.1) is 6.42 Å². The smallest absolute Gasteiger partial charge is 0.305 e. The van der Waals surface area contributed by atoms with Crippen LogP contribution in [0.3, 0.4) is 0 Å². The Morgan fingerprint density at radius 2 is 2.31 bits per heavy atom. The molecule has 6 heteroatoms. The molecule has 0 saturated heterocycles. The summed E-state index contributed by atoms with van der Waals surface area (Å²) in [5, 5.41) is 14.9. The lowest BCUT2D eigenvalue weighted by Gasteiger charge is -2.26. The zero-order chi connectivity index (χ0) is 12.1. The number of amides is 1. The molecule has 0 spiro atoms. The van der Waals surface area contributed by atoms with Gasteiger partial charge < -0.3 is 10.0 Å². The molecule has 1 unspecified atom stereocenters. The minimum Gasteiger partial charge on any atom is -0.481 e. The van der Waals surface area contributed by atoms with Crippen molar-refractivity contribution in [3.8, 4) is 0 Å². The quantitative estimate of drug-likeness (QED) is 0.773. The second kappa shape index (κ2) is 5.29. The van der Waals surface area contributed by atoms with Gasteiger partial charge >= 0.3 is 5.97 Å². The van der Waals surface area contributed by atoms with Crippen molar-refractivity contribution in [1.29, 1.82) is 0 Å². The molecular weight excluding hydrogens is 210 g/mol. The molecule has 1 aromatic heterocycles. The maximum atomic E-state index is 11.9. The Morgan fingerprint density at radius 3 is 2.75 bits per heavy atom. The Bertz CT molecular complexity index is 361. The van der Waals surface area contributed by atoms with E-state index in [2.05, 4.69) is 10.2 Å². The van der Waals surface area contributed by atoms with Crippen molar-refractivity contribution in [2.45, 2.75) is 26.3 Å². The number of carbonyl (C=O) groups is 2. The molecule has 16 heavy (non-hydrogen) atoms. The number of carboxylic acid groups (broad SMARTS) is 1. The number of carboxylic acids is 1. The summed E-state index contributed by atoms with van der Waals surface area (Å²) in [5.74, 6) is -1.14. The minimum absolute atomic E-state index is 0.0618. The molecule has 0 aliphatic rings. The van der Waals surface area contributed by atoms with Crippen LogP contribution in [-0.2, 0) is 4.79 Å². The first-order valence-corrected chi connectivity index (χ1v) is 5.08. The fourth-order valence-electron chi connectivity index (χ4n) is 1.55. The van der Waals surface area contributed by atoms with Crippen LogP contribution in [0.2, 0.25) is 0 Å². The van der Waals surface area contributed by atoms with Gasteiger partial charge in [0.15, 0.2) is 0 Å². The van der Waals surface area contributed by atoms with Crippen molar-refractivity contribution < 1.29 is 14.7 Å². The standard InChI is InChI=1S/C10H15N3O3/c1-3-13(7(2)6-9(14)15)10(16)8-4-5-11-12-8/h4-5,7H,3,6H2,1-2H3,(H,11,12)(H,14,15). The van der Waals surface area contributed by atoms with Crippen molar-refractivity contribution in [3.63, 3.8) is 0 Å². The van der Waals surface area contributed by atoms with Crippen molar-refractivity contribution in [3.05, 3.63) is 18.0 Å². The highest BCUT2D eigenvalue weighted by Crippen LogP contribution is 2.08. The second-order valence-electron chi connectivity index (χ2n) is 3.51. The Morgan fingerprint density at radius 1 is 1.62 bits per heavy atom. The lowest BCUT2D eigenvalue weighted by atomic mass is 10.2. The number of aromatic amines is 1. The van der Waals surface area contributed by atoms with Crippen molar-refractivity contribution in [2.75, 3.05) is 6.54 Å². The van der Waals surface area contributed by atoms with Gasteiger partial charge in [-0.1, -0.05) is 0 Å². The van der Waals surface area contributed by atoms with Gasteiger partial charge in [-0.3, -0.25) is 14.7 Å². The predicted molar refractivity (Wildman–Crippen MR) is 57.0 cm³/mol. The summed E-state index contributed by atoms with van der Waals surface area (Å²) in [4.78, 5) is 24.0. The summed E-state index contributed by atoms with van der Waals surface area (Å²) in [6.07, 6.45) is 1.43. The third-order valence-corrected chi connectivity index (χ3v) is 2.33. The van der Waals surface area contributed by atoms with Crippen LogP contribution in [0.15, 0.2) is 12.3 Å². The van der Waals surface area contributed by atoms with Crippen LogP contribution < -0.4 is 0 Å². The van der Waals surface area contributed by atoms with Crippen molar-refractivity contribution in [1.82, 2.24) is 15.1 Å². The maximum Gasteiger partial charge on any atom is 0.305 e. The minimum atomic E-state index is -0.914. The van der Waals surface area contributed by atoms with E-state index in [1.54, 1.807) is 13.0 Å². The van der Waals surface area contributed by atoms with Gasteiger partial charge in [-0.15, -0.1) is 0 Å². The monoisotopic (exact) mass is 225 g/mol. The van der Waals surface area contributed by atoms with Crippen LogP contribution in [0.25, 0.3) is 0 Å². The number of H-pyrrole nitrogens is 1. The molecule has 0 saturated carbocycles. The molecule has 0 radical (unpaired) electrons. The van der Waals surface area contributed by atoms with Crippen LogP contribution in [0.1, 0.15) is 30.8 Å². The van der Waals surface area contributed by atoms with E-state index in [-0.39, 0.29) is 18.4 Å². The van der Waals surface area contributed by atoms with E-state index in [9.17, 15) is 9.59 Å². The van der Waals surface area contributed by atoms with E-state index in [0.29, 0.717) is 12.2 Å². The van der Waals surface area contributed by atoms with Gasteiger partial charge in [-0.05, 0) is 19.9 Å². The summed E-state index contributed by atoms with van der Waals surface area (Å²) < 4.78 is 0. The third-order valence-electron chi connectivity index (χ3n) is 2.33. The van der Waals surface area contributed by atoms with Crippen LogP contribution in [0.5, 0.6) is 0 Å². The highest BCUT2D eigenvalue weighted by molar-refractivity contribution is 5.92. The van der Waals surface area contributed by atoms with E-state index in [1.807, 2.05) is 6.92 Å². The topological polar surface area (TPSA) is 86.3 Å². The summed E-state index contributed by atoms with van der Waals surface area (Å²) in [6.45, 7) is 3.99. The van der Waals surface area contributed by atoms with Crippen molar-refractivity contribution >= 4 is 11.9 Å². The molecule has 1 amide bonds. The molecule has 1 atom stereocenters. The van der Waals surface area contributed by atoms with Gasteiger partial charge in [0.25, 0.3) is 5.91 Å². The average molecular weight is 225 g/mol. The van der Waals surface area contributed by atoms with Gasteiger partial charge in [0, 0.05) is 18.8 Å². The van der Waals surface area contributed by atoms with Gasteiger partial charge in [0.1, 0.15) is 5.69 Å². The van der Waals surface area contributed by atoms with E-state index in [4.69, 9.17) is 5.11 Å². The Balaban J connectivity index is 2.74. The molecule has 0 aromatic carbocycles. The van der Waals surface area contributed by atoms with E-state index >= 15 is 0 Å². The fourth-order valence-corrected chi connectivity index (χ4v) is 1.55. The van der Waals surface area contributed by atoms with Crippen molar-refractivity contribution in [2.24, 2.45) is 0 Å². The molecule has 0 aliphatic carbocycles. The maximum absolute atomic E-state index is 11.9. The molecule has 2 N–H and O–H groups in total. The van der Waals surface area contributed by atoms with Crippen LogP contribution in [0.4, 0.5) is 0 Å². The Kier molecular flexibility index (Phi) is 4.04. The first kappa shape index (κ1) is 12.2. The lowest BCUT2D eigenvalue weighted by molar-refractivity contribution is -0.138. The first-order valence-electron chi connectivity index (χ1n) is 5.08. The van der Waals surface area contributed by atoms with Crippen LogP contribution in [0, 0.1) is 0 Å². The fraction of sp³-hybridized carbons (Fsp3) is 0.500. The summed E-state index contributed by atoms with van der Waals surface area (Å²) in [7, 11) is 0. The Hall–Kier alpha value is -1.85. The molecule has 0 aliphatic heterocycles. The summed E-state index contributed by atoms with van der Waals surface area (Å²) >= 11 is 0. The first-order chi connectivity index (χ1) is 7.56. The SMILES string of the molecule is CCN(C(=O)c1ccn[nH]1)C(C)CC(=O)O. The van der Waals surface area contributed by atoms with Gasteiger partial charge in [-0.2, -0.15) is 5.10 Å². The zero-order valence-corrected chi connectivity index (χ0v) is 9.30. The molecule has 0 bridgehead atoms. The van der Waals surface area contributed by atoms with E-state index < -0.39 is 5.97 Å². The lowest BCUT2D eigenvalue weighted by Crippen LogP contribution is -2.39. The predicted octanol–water partition coefficient (Wildman–Crippen LogP) is 0.735. The normalized spacial score (nSPS) is 12.1. The third kappa shape index (κ3) is 2.82. The second-order valence-corrected chi connectivity index (χ2v) is 3.51. The van der Waals surface area contributed by atoms with E-state index in [0.717, 1.165) is 0 Å². The Labute approximate surface area is 93.3 Å². The number of aliphatic carboxylic acids is 1. The molecular formula is C10H15N3O3. The molecule has 0 fully saturated rings. The van der Waals surface area contributed by atoms with Crippen LogP contribution in [-0.4, -0.2) is 44.7 Å². The van der Waals surface area contributed by atoms with Gasteiger partial charge in [0.2, 0.25) is 0 Å². The largest absolute Gasteiger partial charge is 0.481 e. The molecule has 1 rings (SSSR count). The molecule has 6 nitrogen and oxygen atoms in total. The van der Waals surface area contributed by atoms with Gasteiger partial charge in [-0.25, -0.2) is 0 Å². The zero-order valence-electron chi connectivity index (χ0n) is 9.30. The van der Waals surface area contributed by atoms with Crippen LogP contribution >= 0.6 is 0 Å². The molecule has 88 valence electrons. The number of nitrogens with zero attached hydrogens (tertiary/aromatic N) is 2. The number of carbonyl (C=O) groups excluding carboxylic acids is 1. The highest BCUT2D eigenvalue weighted by Gasteiger charge is 2.22. The number of nitrogens with one attached hydrogen (secondary N) is 1. The number of aromatic nitrogens is 2. The average Bonchev–Trinajstić information content (AvgIpc) is 2.69. The highest BCUT2D eigenvalue weighted by atomic mass is 16.4. The van der Waals surface area contributed by atoms with E-state index in [1.165, 1.54) is 11.1 Å². The summed E-state index contributed by atoms with van der Waals surface area (Å²) in [6, 6.07) is 1.23. The number of rotatable bonds is 5.